The number of nitrogens with two attached hydrogens (primary N) is 1. The minimum atomic E-state index is -0.397. The highest BCUT2D eigenvalue weighted by Crippen LogP contribution is 2.23. The van der Waals surface area contributed by atoms with E-state index in [1.807, 2.05) is 30.9 Å². The summed E-state index contributed by atoms with van der Waals surface area (Å²) in [4.78, 5) is 7.67. The van der Waals surface area contributed by atoms with Crippen LogP contribution in [-0.4, -0.2) is 19.7 Å². The third-order valence-corrected chi connectivity index (χ3v) is 2.98. The molecule has 2 aromatic heterocycles. The summed E-state index contributed by atoms with van der Waals surface area (Å²) in [6.07, 6.45) is 5.52. The fraction of sp³-hybridized carbons (Fsp3) is 0.500. The van der Waals surface area contributed by atoms with Gasteiger partial charge in [0.05, 0.1) is 23.1 Å². The van der Waals surface area contributed by atoms with Crippen LogP contribution in [0.1, 0.15) is 32.5 Å². The van der Waals surface area contributed by atoms with Crippen molar-refractivity contribution in [3.63, 3.8) is 0 Å². The minimum Gasteiger partial charge on any atom is -0.339 e. The van der Waals surface area contributed by atoms with Gasteiger partial charge in [0.25, 0.3) is 0 Å². The predicted octanol–water partition coefficient (Wildman–Crippen LogP) is 1.78. The molecule has 3 N–H and O–H groups in total. The van der Waals surface area contributed by atoms with E-state index in [2.05, 4.69) is 22.0 Å². The van der Waals surface area contributed by atoms with Gasteiger partial charge in [-0.05, 0) is 19.4 Å². The Morgan fingerprint density at radius 3 is 2.88 bits per heavy atom. The van der Waals surface area contributed by atoms with E-state index < -0.39 is 5.54 Å². The molecule has 0 aliphatic heterocycles. The Balaban J connectivity index is 2.31. The maximum atomic E-state index is 6.24. The predicted molar refractivity (Wildman–Crippen MR) is 67.2 cm³/mol. The van der Waals surface area contributed by atoms with Crippen molar-refractivity contribution in [2.45, 2.75) is 32.2 Å². The molecule has 0 saturated heterocycles. The molecule has 0 amide bonds. The number of H-pyrrole nitrogens is 1. The molecule has 2 rings (SSSR count). The lowest BCUT2D eigenvalue weighted by atomic mass is 9.97. The lowest BCUT2D eigenvalue weighted by Crippen LogP contribution is -2.34. The highest BCUT2D eigenvalue weighted by atomic mass is 15.3. The van der Waals surface area contributed by atoms with Crippen LogP contribution in [0.15, 0.2) is 18.5 Å². The molecule has 2 aromatic rings. The normalized spacial score (nSPS) is 14.8. The first-order chi connectivity index (χ1) is 8.04. The number of nitrogens with zero attached hydrogens (tertiary/aromatic N) is 3. The van der Waals surface area contributed by atoms with Gasteiger partial charge in [0, 0.05) is 13.2 Å². The number of hydrogen-bond acceptors (Lipinski definition) is 3. The van der Waals surface area contributed by atoms with E-state index >= 15 is 0 Å². The SMILES string of the molecule is CCCC(C)(N)c1ncc(-c2ccnn2C)[nH]1. The van der Waals surface area contributed by atoms with Crippen molar-refractivity contribution in [2.75, 3.05) is 0 Å². The number of nitrogens with one attached hydrogen (secondary N) is 1. The van der Waals surface area contributed by atoms with Gasteiger partial charge >= 0.3 is 0 Å². The van der Waals surface area contributed by atoms with Crippen LogP contribution < -0.4 is 5.73 Å². The molecular formula is C12H19N5. The monoisotopic (exact) mass is 233 g/mol. The van der Waals surface area contributed by atoms with Crippen molar-refractivity contribution in [1.29, 1.82) is 0 Å². The Hall–Kier alpha value is -1.62. The quantitative estimate of drug-likeness (QED) is 0.845. The van der Waals surface area contributed by atoms with Crippen LogP contribution in [-0.2, 0) is 12.6 Å². The third-order valence-electron chi connectivity index (χ3n) is 2.98. The van der Waals surface area contributed by atoms with E-state index in [0.29, 0.717) is 0 Å². The Labute approximate surface area is 101 Å². The van der Waals surface area contributed by atoms with E-state index in [1.165, 1.54) is 0 Å². The first-order valence-electron chi connectivity index (χ1n) is 5.87. The molecular weight excluding hydrogens is 214 g/mol. The number of aromatic nitrogens is 4. The van der Waals surface area contributed by atoms with E-state index in [0.717, 1.165) is 30.1 Å². The number of hydrogen-bond donors (Lipinski definition) is 2. The summed E-state index contributed by atoms with van der Waals surface area (Å²) in [6, 6.07) is 1.95. The Morgan fingerprint density at radius 2 is 2.29 bits per heavy atom. The van der Waals surface area contributed by atoms with Crippen molar-refractivity contribution < 1.29 is 0 Å². The van der Waals surface area contributed by atoms with Crippen molar-refractivity contribution in [1.82, 2.24) is 19.7 Å². The molecule has 0 bridgehead atoms. The molecule has 0 saturated carbocycles. The van der Waals surface area contributed by atoms with E-state index in [9.17, 15) is 0 Å². The molecule has 0 aliphatic carbocycles. The summed E-state index contributed by atoms with van der Waals surface area (Å²) >= 11 is 0. The number of aryl methyl sites for hydroxylation is 1. The molecule has 1 atom stereocenters. The summed E-state index contributed by atoms with van der Waals surface area (Å²) in [6.45, 7) is 4.12. The zero-order valence-corrected chi connectivity index (χ0v) is 10.6. The van der Waals surface area contributed by atoms with Crippen molar-refractivity contribution in [3.8, 4) is 11.4 Å². The van der Waals surface area contributed by atoms with Gasteiger partial charge in [-0.1, -0.05) is 13.3 Å². The van der Waals surface area contributed by atoms with Gasteiger partial charge in [-0.25, -0.2) is 4.98 Å². The number of aromatic amines is 1. The molecule has 1 unspecified atom stereocenters. The van der Waals surface area contributed by atoms with Crippen molar-refractivity contribution in [2.24, 2.45) is 12.8 Å². The average Bonchev–Trinajstić information content (AvgIpc) is 2.85. The van der Waals surface area contributed by atoms with Crippen LogP contribution in [0.2, 0.25) is 0 Å². The van der Waals surface area contributed by atoms with E-state index in [1.54, 1.807) is 6.20 Å². The fourth-order valence-corrected chi connectivity index (χ4v) is 2.02. The second-order valence-electron chi connectivity index (χ2n) is 4.65. The highest BCUT2D eigenvalue weighted by molar-refractivity contribution is 5.53. The average molecular weight is 233 g/mol. The van der Waals surface area contributed by atoms with Gasteiger partial charge in [-0.2, -0.15) is 5.10 Å². The van der Waals surface area contributed by atoms with E-state index in [-0.39, 0.29) is 0 Å². The summed E-state index contributed by atoms with van der Waals surface area (Å²) in [5.74, 6) is 0.829. The maximum Gasteiger partial charge on any atom is 0.126 e. The van der Waals surface area contributed by atoms with Crippen molar-refractivity contribution in [3.05, 3.63) is 24.3 Å². The minimum absolute atomic E-state index is 0.397. The van der Waals surface area contributed by atoms with Crippen LogP contribution in [0.4, 0.5) is 0 Å². The molecule has 5 heteroatoms. The lowest BCUT2D eigenvalue weighted by Gasteiger charge is -2.21. The summed E-state index contributed by atoms with van der Waals surface area (Å²) < 4.78 is 1.81. The number of rotatable bonds is 4. The lowest BCUT2D eigenvalue weighted by molar-refractivity contribution is 0.423. The maximum absolute atomic E-state index is 6.24. The molecule has 17 heavy (non-hydrogen) atoms. The Morgan fingerprint density at radius 1 is 1.53 bits per heavy atom. The molecule has 0 fully saturated rings. The van der Waals surface area contributed by atoms with Gasteiger partial charge in [0.15, 0.2) is 0 Å². The van der Waals surface area contributed by atoms with Gasteiger partial charge in [-0.15, -0.1) is 0 Å². The fourth-order valence-electron chi connectivity index (χ4n) is 2.02. The van der Waals surface area contributed by atoms with Crippen LogP contribution in [0, 0.1) is 0 Å². The Bertz CT molecular complexity index is 494. The van der Waals surface area contributed by atoms with Crippen molar-refractivity contribution >= 4 is 0 Å². The standard InChI is InChI=1S/C12H19N5/c1-4-6-12(2,13)11-14-8-9(16-11)10-5-7-15-17(10)3/h5,7-8H,4,6,13H2,1-3H3,(H,14,16). The first-order valence-corrected chi connectivity index (χ1v) is 5.87. The molecule has 0 aromatic carbocycles. The second-order valence-corrected chi connectivity index (χ2v) is 4.65. The molecule has 0 radical (unpaired) electrons. The molecule has 0 aliphatic rings. The van der Waals surface area contributed by atoms with Crippen LogP contribution >= 0.6 is 0 Å². The second kappa shape index (κ2) is 4.33. The smallest absolute Gasteiger partial charge is 0.126 e. The largest absolute Gasteiger partial charge is 0.339 e. The molecule has 0 spiro atoms. The third kappa shape index (κ3) is 2.24. The summed E-state index contributed by atoms with van der Waals surface area (Å²) in [5.41, 5.74) is 7.80. The van der Waals surface area contributed by atoms with Gasteiger partial charge in [0.1, 0.15) is 5.82 Å². The molecule has 92 valence electrons. The number of imidazole rings is 1. The van der Waals surface area contributed by atoms with Crippen LogP contribution in [0.3, 0.4) is 0 Å². The zero-order chi connectivity index (χ0) is 12.5. The highest BCUT2D eigenvalue weighted by Gasteiger charge is 2.23. The van der Waals surface area contributed by atoms with Crippen LogP contribution in [0.5, 0.6) is 0 Å². The van der Waals surface area contributed by atoms with Gasteiger partial charge in [0.2, 0.25) is 0 Å². The Kier molecular flexibility index (Phi) is 3.02. The topological polar surface area (TPSA) is 72.5 Å². The van der Waals surface area contributed by atoms with Gasteiger partial charge < -0.3 is 10.7 Å². The molecule has 5 nitrogen and oxygen atoms in total. The summed E-state index contributed by atoms with van der Waals surface area (Å²) in [5, 5.41) is 4.14. The molecule has 2 heterocycles. The van der Waals surface area contributed by atoms with Crippen LogP contribution in [0.25, 0.3) is 11.4 Å². The first kappa shape index (κ1) is 11.9. The zero-order valence-electron chi connectivity index (χ0n) is 10.6. The van der Waals surface area contributed by atoms with Gasteiger partial charge in [-0.3, -0.25) is 4.68 Å². The summed E-state index contributed by atoms with van der Waals surface area (Å²) in [7, 11) is 1.91. The van der Waals surface area contributed by atoms with E-state index in [4.69, 9.17) is 5.73 Å².